The maximum Gasteiger partial charge on any atom is -0.00199 e. The van der Waals surface area contributed by atoms with E-state index in [1.54, 1.807) is 0 Å². The van der Waals surface area contributed by atoms with Crippen LogP contribution in [-0.4, -0.2) is 0 Å². The lowest BCUT2D eigenvalue weighted by molar-refractivity contribution is 1.57. The lowest BCUT2D eigenvalue weighted by Crippen LogP contribution is -1.95. The second kappa shape index (κ2) is 23.2. The van der Waals surface area contributed by atoms with Crippen LogP contribution in [0.3, 0.4) is 0 Å². The summed E-state index contributed by atoms with van der Waals surface area (Å²) >= 11 is 0. The summed E-state index contributed by atoms with van der Waals surface area (Å²) in [6.45, 7) is 0. The Morgan fingerprint density at radius 2 is 0.370 bits per heavy atom. The molecule has 0 N–H and O–H groups in total. The molecule has 0 aliphatic heterocycles. The van der Waals surface area contributed by atoms with Crippen LogP contribution in [0.25, 0.3) is 175 Å². The van der Waals surface area contributed by atoms with Gasteiger partial charge < -0.3 is 0 Å². The van der Waals surface area contributed by atoms with Crippen molar-refractivity contribution >= 4 is 86.2 Å². The number of rotatable bonds is 8. The molecule has 18 aromatic carbocycles. The molecule has 0 fully saturated rings. The third-order valence-electron chi connectivity index (χ3n) is 18.8. The monoisotopic (exact) mass is 1160 g/mol. The molecule has 0 aliphatic carbocycles. The molecule has 0 radical (unpaired) electrons. The van der Waals surface area contributed by atoms with E-state index in [1.807, 2.05) is 0 Å². The Morgan fingerprint density at radius 3 is 0.783 bits per heavy atom. The van der Waals surface area contributed by atoms with Crippen LogP contribution >= 0.6 is 0 Å². The first-order valence-electron chi connectivity index (χ1n) is 31.9. The van der Waals surface area contributed by atoms with Crippen molar-refractivity contribution < 1.29 is 0 Å². The summed E-state index contributed by atoms with van der Waals surface area (Å²) in [7, 11) is 0. The van der Waals surface area contributed by atoms with Gasteiger partial charge >= 0.3 is 0 Å². The van der Waals surface area contributed by atoms with Gasteiger partial charge in [-0.05, 0) is 224 Å². The lowest BCUT2D eigenvalue weighted by atomic mass is 9.81. The van der Waals surface area contributed by atoms with E-state index >= 15 is 0 Å². The van der Waals surface area contributed by atoms with E-state index in [9.17, 15) is 0 Å². The van der Waals surface area contributed by atoms with Crippen LogP contribution in [0.4, 0.5) is 0 Å². The van der Waals surface area contributed by atoms with Gasteiger partial charge in [-0.15, -0.1) is 0 Å². The van der Waals surface area contributed by atoms with Gasteiger partial charge in [0.25, 0.3) is 0 Å². The third-order valence-corrected chi connectivity index (χ3v) is 18.8. The third kappa shape index (κ3) is 9.74. The lowest BCUT2D eigenvalue weighted by Gasteiger charge is -2.22. The van der Waals surface area contributed by atoms with Crippen molar-refractivity contribution in [3.8, 4) is 89.0 Å². The Labute approximate surface area is 535 Å². The smallest absolute Gasteiger partial charge is 0.00199 e. The summed E-state index contributed by atoms with van der Waals surface area (Å²) in [6.07, 6.45) is 0. The van der Waals surface area contributed by atoms with Crippen LogP contribution in [0.5, 0.6) is 0 Å². The summed E-state index contributed by atoms with van der Waals surface area (Å²) in [5.74, 6) is 0. The molecule has 18 rings (SSSR count). The van der Waals surface area contributed by atoms with Gasteiger partial charge in [0.2, 0.25) is 0 Å². The highest BCUT2D eigenvalue weighted by atomic mass is 14.3. The van der Waals surface area contributed by atoms with Gasteiger partial charge in [0.1, 0.15) is 0 Å². The molecule has 0 saturated carbocycles. The van der Waals surface area contributed by atoms with E-state index in [2.05, 4.69) is 364 Å². The fourth-order valence-corrected chi connectivity index (χ4v) is 14.5. The highest BCUT2D eigenvalue weighted by Crippen LogP contribution is 2.50. The van der Waals surface area contributed by atoms with E-state index in [1.165, 1.54) is 175 Å². The summed E-state index contributed by atoms with van der Waals surface area (Å²) in [5.41, 5.74) is 19.8. The van der Waals surface area contributed by atoms with Crippen molar-refractivity contribution in [2.24, 2.45) is 0 Å². The van der Waals surface area contributed by atoms with E-state index in [0.717, 1.165) is 0 Å². The zero-order valence-electron chi connectivity index (χ0n) is 50.6. The standard InChI is InChI=1S/C54H36.C38H24/c1-5-17-37(18-6-1)43-29-32-48(50(33-43)40-23-11-4-12-24-40)54-47-28-16-15-27-46(47)53(51-34-41-25-13-14-26-42(41)35-52(51)54)44-30-31-45(38-19-7-2-8-20-38)49(36-44)39-21-9-3-10-22-39;1-3-11-27-21-31(19-17-25(27)9-1)37-33-15-7-8-16-34(33)38(32-20-18-26-10-2-4-12-28(26)22-32)36-24-30-14-6-5-13-29(30)23-35(36)37/h1-36H;1-24H. The molecule has 0 spiro atoms. The SMILES string of the molecule is c1ccc(-c2ccc(-c3c4ccccc4c(-c4ccc(-c5ccccc5)c(-c5ccccc5)c4)c4cc5ccccc5cc34)c(-c3ccccc3)c2)cc1.c1ccc2cc(-c3c4ccccc4c(-c4ccc5ccccc5c4)c4cc5ccccc5cc34)ccc2c1. The van der Waals surface area contributed by atoms with Crippen LogP contribution in [0.15, 0.2) is 364 Å². The first-order chi connectivity index (χ1) is 45.6. The molecule has 0 aliphatic rings. The fourth-order valence-electron chi connectivity index (χ4n) is 14.5. The van der Waals surface area contributed by atoms with Gasteiger partial charge in [0.05, 0.1) is 0 Å². The van der Waals surface area contributed by atoms with Crippen LogP contribution in [0, 0.1) is 0 Å². The maximum atomic E-state index is 2.42. The fraction of sp³-hybridized carbons (Fsp3) is 0. The zero-order chi connectivity index (χ0) is 60.9. The van der Waals surface area contributed by atoms with Crippen molar-refractivity contribution in [3.63, 3.8) is 0 Å². The normalized spacial score (nSPS) is 11.5. The van der Waals surface area contributed by atoms with E-state index in [-0.39, 0.29) is 0 Å². The minimum absolute atomic E-state index is 1.20. The maximum absolute atomic E-state index is 2.42. The zero-order valence-corrected chi connectivity index (χ0v) is 50.6. The summed E-state index contributed by atoms with van der Waals surface area (Å²) in [4.78, 5) is 0. The predicted molar refractivity (Wildman–Crippen MR) is 396 cm³/mol. The molecule has 0 bridgehead atoms. The highest BCUT2D eigenvalue weighted by molar-refractivity contribution is 6.26. The van der Waals surface area contributed by atoms with Crippen LogP contribution in [0.1, 0.15) is 0 Å². The first-order valence-corrected chi connectivity index (χ1v) is 31.9. The molecule has 0 aromatic heterocycles. The second-order valence-electron chi connectivity index (χ2n) is 24.2. The summed E-state index contributed by atoms with van der Waals surface area (Å²) in [6, 6.07) is 133. The van der Waals surface area contributed by atoms with Gasteiger partial charge in [0.15, 0.2) is 0 Å². The molecule has 92 heavy (non-hydrogen) atoms. The van der Waals surface area contributed by atoms with Crippen molar-refractivity contribution in [2.45, 2.75) is 0 Å². The molecular weight excluding hydrogens is 1110 g/mol. The average molecular weight is 1170 g/mol. The molecule has 0 atom stereocenters. The minimum Gasteiger partial charge on any atom is -0.0622 e. The molecule has 0 heteroatoms. The average Bonchev–Trinajstić information content (AvgIpc) is 0.735. The molecule has 0 amide bonds. The molecular formula is C92H60. The topological polar surface area (TPSA) is 0 Å². The Balaban J connectivity index is 0.000000149. The molecule has 0 nitrogen and oxygen atoms in total. The van der Waals surface area contributed by atoms with Crippen LogP contribution < -0.4 is 0 Å². The number of benzene rings is 18. The van der Waals surface area contributed by atoms with Gasteiger partial charge in [-0.2, -0.15) is 0 Å². The molecule has 0 unspecified atom stereocenters. The van der Waals surface area contributed by atoms with Crippen LogP contribution in [-0.2, 0) is 0 Å². The first kappa shape index (κ1) is 54.2. The molecule has 18 aromatic rings. The van der Waals surface area contributed by atoms with Crippen molar-refractivity contribution in [1.82, 2.24) is 0 Å². The Bertz CT molecular complexity index is 5690. The molecule has 0 saturated heterocycles. The van der Waals surface area contributed by atoms with Crippen molar-refractivity contribution in [1.29, 1.82) is 0 Å². The van der Waals surface area contributed by atoms with Gasteiger partial charge in [0, 0.05) is 0 Å². The van der Waals surface area contributed by atoms with Crippen LogP contribution in [0.2, 0.25) is 0 Å². The Kier molecular flexibility index (Phi) is 13.7. The number of hydrogen-bond donors (Lipinski definition) is 0. The number of hydrogen-bond acceptors (Lipinski definition) is 0. The Hall–Kier alpha value is -12.0. The van der Waals surface area contributed by atoms with E-state index < -0.39 is 0 Å². The quantitative estimate of drug-likeness (QED) is 0.133. The summed E-state index contributed by atoms with van der Waals surface area (Å²) in [5, 5.41) is 20.2. The Morgan fingerprint density at radius 1 is 0.109 bits per heavy atom. The molecule has 0 heterocycles. The van der Waals surface area contributed by atoms with Gasteiger partial charge in [-0.1, -0.05) is 315 Å². The minimum atomic E-state index is 1.20. The van der Waals surface area contributed by atoms with Gasteiger partial charge in [-0.3, -0.25) is 0 Å². The van der Waals surface area contributed by atoms with E-state index in [0.29, 0.717) is 0 Å². The van der Waals surface area contributed by atoms with E-state index in [4.69, 9.17) is 0 Å². The van der Waals surface area contributed by atoms with Gasteiger partial charge in [-0.25, -0.2) is 0 Å². The van der Waals surface area contributed by atoms with Crippen molar-refractivity contribution in [3.05, 3.63) is 364 Å². The second-order valence-corrected chi connectivity index (χ2v) is 24.2. The summed E-state index contributed by atoms with van der Waals surface area (Å²) < 4.78 is 0. The predicted octanol–water partition coefficient (Wildman–Crippen LogP) is 25.9. The largest absolute Gasteiger partial charge is 0.0622 e. The van der Waals surface area contributed by atoms with Crippen molar-refractivity contribution in [2.75, 3.05) is 0 Å². The number of fused-ring (bicyclic) bond motifs is 8. The highest BCUT2D eigenvalue weighted by Gasteiger charge is 2.23. The molecule has 428 valence electrons.